The molecular formula is C21H21N3O2. The number of carbonyl (C=O) groups is 2. The van der Waals surface area contributed by atoms with E-state index in [4.69, 9.17) is 0 Å². The van der Waals surface area contributed by atoms with Gasteiger partial charge < -0.3 is 9.47 Å². The predicted octanol–water partition coefficient (Wildman–Crippen LogP) is 3.48. The van der Waals surface area contributed by atoms with Crippen LogP contribution in [0.5, 0.6) is 0 Å². The summed E-state index contributed by atoms with van der Waals surface area (Å²) >= 11 is 0. The van der Waals surface area contributed by atoms with Crippen LogP contribution >= 0.6 is 0 Å². The lowest BCUT2D eigenvalue weighted by Gasteiger charge is -2.28. The number of benzene rings is 1. The molecule has 0 aliphatic heterocycles. The second-order valence-electron chi connectivity index (χ2n) is 6.26. The Morgan fingerprint density at radius 3 is 2.35 bits per heavy atom. The molecule has 3 rings (SSSR count). The van der Waals surface area contributed by atoms with Crippen molar-refractivity contribution in [1.29, 1.82) is 0 Å². The first kappa shape index (κ1) is 17.6. The third-order valence-electron chi connectivity index (χ3n) is 4.42. The van der Waals surface area contributed by atoms with Gasteiger partial charge in [0.05, 0.1) is 11.7 Å². The summed E-state index contributed by atoms with van der Waals surface area (Å²) in [6, 6.07) is 16.8. The van der Waals surface area contributed by atoms with E-state index in [1.54, 1.807) is 42.0 Å². The fraction of sp³-hybridized carbons (Fsp3) is 0.190. The highest BCUT2D eigenvalue weighted by molar-refractivity contribution is 5.99. The van der Waals surface area contributed by atoms with E-state index in [2.05, 4.69) is 4.98 Å². The number of hydrogen-bond donors (Lipinski definition) is 0. The van der Waals surface area contributed by atoms with Crippen molar-refractivity contribution in [1.82, 2.24) is 14.5 Å². The van der Waals surface area contributed by atoms with E-state index >= 15 is 0 Å². The number of rotatable bonds is 5. The summed E-state index contributed by atoms with van der Waals surface area (Å²) in [5.74, 6) is -0.230. The van der Waals surface area contributed by atoms with Gasteiger partial charge in [-0.05, 0) is 30.7 Å². The third kappa shape index (κ3) is 3.42. The van der Waals surface area contributed by atoms with Crippen molar-refractivity contribution in [3.63, 3.8) is 0 Å². The Bertz CT molecular complexity index is 877. The van der Waals surface area contributed by atoms with Gasteiger partial charge in [0.2, 0.25) is 0 Å². The lowest BCUT2D eigenvalue weighted by Crippen LogP contribution is -2.33. The van der Waals surface area contributed by atoms with Crippen LogP contribution in [0.25, 0.3) is 0 Å². The second-order valence-corrected chi connectivity index (χ2v) is 6.26. The van der Waals surface area contributed by atoms with Gasteiger partial charge in [-0.2, -0.15) is 0 Å². The minimum Gasteiger partial charge on any atom is -0.346 e. The lowest BCUT2D eigenvalue weighted by molar-refractivity contribution is 0.0743. The van der Waals surface area contributed by atoms with E-state index in [9.17, 15) is 9.59 Å². The highest BCUT2D eigenvalue weighted by Crippen LogP contribution is 2.27. The number of Topliss-reactive ketones (excluding diaryl/α,β-unsaturated/α-hetero) is 1. The van der Waals surface area contributed by atoms with Crippen molar-refractivity contribution < 1.29 is 9.59 Å². The molecule has 1 amide bonds. The molecule has 1 unspecified atom stereocenters. The van der Waals surface area contributed by atoms with Crippen LogP contribution < -0.4 is 0 Å². The van der Waals surface area contributed by atoms with Crippen molar-refractivity contribution in [3.05, 3.63) is 89.5 Å². The zero-order chi connectivity index (χ0) is 18.7. The summed E-state index contributed by atoms with van der Waals surface area (Å²) in [6.45, 7) is 1.49. The molecule has 0 aliphatic carbocycles. The van der Waals surface area contributed by atoms with E-state index in [0.29, 0.717) is 11.3 Å². The van der Waals surface area contributed by atoms with E-state index in [-0.39, 0.29) is 17.7 Å². The van der Waals surface area contributed by atoms with Gasteiger partial charge in [-0.25, -0.2) is 0 Å². The van der Waals surface area contributed by atoms with E-state index in [0.717, 1.165) is 11.3 Å². The SMILES string of the molecule is CC(=O)c1cc(C(=O)N(C)C(c2ccccc2)c2ccccn2)n(C)c1. The molecule has 3 aromatic rings. The minimum atomic E-state index is -0.319. The Hall–Kier alpha value is -3.21. The van der Waals surface area contributed by atoms with Gasteiger partial charge in [0.15, 0.2) is 5.78 Å². The lowest BCUT2D eigenvalue weighted by atomic mass is 10.0. The van der Waals surface area contributed by atoms with Crippen LogP contribution in [-0.2, 0) is 7.05 Å². The molecule has 0 saturated heterocycles. The van der Waals surface area contributed by atoms with Gasteiger partial charge in [0.1, 0.15) is 5.69 Å². The zero-order valence-corrected chi connectivity index (χ0v) is 15.1. The van der Waals surface area contributed by atoms with Gasteiger partial charge in [-0.1, -0.05) is 36.4 Å². The van der Waals surface area contributed by atoms with E-state index in [1.165, 1.54) is 6.92 Å². The summed E-state index contributed by atoms with van der Waals surface area (Å²) in [5.41, 5.74) is 2.76. The highest BCUT2D eigenvalue weighted by atomic mass is 16.2. The summed E-state index contributed by atoms with van der Waals surface area (Å²) in [4.78, 5) is 30.9. The van der Waals surface area contributed by atoms with Gasteiger partial charge in [-0.3, -0.25) is 14.6 Å². The molecule has 5 heteroatoms. The Morgan fingerprint density at radius 1 is 1.08 bits per heavy atom. The van der Waals surface area contributed by atoms with Gasteiger partial charge in [0, 0.05) is 32.1 Å². The monoisotopic (exact) mass is 347 g/mol. The van der Waals surface area contributed by atoms with Gasteiger partial charge in [0.25, 0.3) is 5.91 Å². The van der Waals surface area contributed by atoms with Crippen molar-refractivity contribution in [2.45, 2.75) is 13.0 Å². The molecule has 0 saturated carbocycles. The number of nitrogens with zero attached hydrogens (tertiary/aromatic N) is 3. The molecule has 0 radical (unpaired) electrons. The first-order valence-electron chi connectivity index (χ1n) is 8.39. The van der Waals surface area contributed by atoms with Crippen LogP contribution in [0.4, 0.5) is 0 Å². The number of amides is 1. The average molecular weight is 347 g/mol. The molecule has 5 nitrogen and oxygen atoms in total. The van der Waals surface area contributed by atoms with Crippen molar-refractivity contribution in [3.8, 4) is 0 Å². The molecule has 1 atom stereocenters. The molecule has 0 fully saturated rings. The summed E-state index contributed by atoms with van der Waals surface area (Å²) in [7, 11) is 3.53. The van der Waals surface area contributed by atoms with E-state index < -0.39 is 0 Å². The smallest absolute Gasteiger partial charge is 0.271 e. The number of hydrogen-bond acceptors (Lipinski definition) is 3. The maximum absolute atomic E-state index is 13.2. The second kappa shape index (κ2) is 7.35. The number of pyridine rings is 1. The molecule has 0 spiro atoms. The quantitative estimate of drug-likeness (QED) is 0.664. The fourth-order valence-corrected chi connectivity index (χ4v) is 3.03. The Kier molecular flexibility index (Phi) is 4.98. The number of carbonyl (C=O) groups excluding carboxylic acids is 2. The molecule has 0 N–H and O–H groups in total. The summed E-state index contributed by atoms with van der Waals surface area (Å²) in [6.07, 6.45) is 3.40. The zero-order valence-electron chi connectivity index (χ0n) is 15.1. The average Bonchev–Trinajstić information content (AvgIpc) is 3.05. The standard InChI is InChI=1S/C21H21N3O2/c1-15(25)17-13-19(23(2)14-17)21(26)24(3)20(16-9-5-4-6-10-16)18-11-7-8-12-22-18/h4-14,20H,1-3H3. The van der Waals surface area contributed by atoms with Crippen molar-refractivity contribution >= 4 is 11.7 Å². The Morgan fingerprint density at radius 2 is 1.77 bits per heavy atom. The Labute approximate surface area is 152 Å². The molecule has 26 heavy (non-hydrogen) atoms. The first-order valence-corrected chi connectivity index (χ1v) is 8.39. The van der Waals surface area contributed by atoms with E-state index in [1.807, 2.05) is 48.5 Å². The van der Waals surface area contributed by atoms with Crippen molar-refractivity contribution in [2.24, 2.45) is 7.05 Å². The third-order valence-corrected chi connectivity index (χ3v) is 4.42. The summed E-state index contributed by atoms with van der Waals surface area (Å²) < 4.78 is 1.69. The maximum Gasteiger partial charge on any atom is 0.271 e. The first-order chi connectivity index (χ1) is 12.5. The van der Waals surface area contributed by atoms with Gasteiger partial charge >= 0.3 is 0 Å². The minimum absolute atomic E-state index is 0.0633. The number of aromatic nitrogens is 2. The molecule has 2 heterocycles. The molecule has 1 aromatic carbocycles. The van der Waals surface area contributed by atoms with Crippen LogP contribution in [0.3, 0.4) is 0 Å². The van der Waals surface area contributed by atoms with Crippen LogP contribution in [0.1, 0.15) is 45.1 Å². The normalized spacial score (nSPS) is 11.8. The molecule has 2 aromatic heterocycles. The van der Waals surface area contributed by atoms with Crippen LogP contribution in [0, 0.1) is 0 Å². The number of ketones is 1. The van der Waals surface area contributed by atoms with Gasteiger partial charge in [-0.15, -0.1) is 0 Å². The maximum atomic E-state index is 13.2. The molecule has 132 valence electrons. The number of aryl methyl sites for hydroxylation is 1. The Balaban J connectivity index is 2.02. The van der Waals surface area contributed by atoms with Crippen molar-refractivity contribution in [2.75, 3.05) is 7.05 Å². The largest absolute Gasteiger partial charge is 0.346 e. The fourth-order valence-electron chi connectivity index (χ4n) is 3.03. The highest BCUT2D eigenvalue weighted by Gasteiger charge is 2.27. The van der Waals surface area contributed by atoms with Crippen LogP contribution in [0.15, 0.2) is 67.0 Å². The molecule has 0 aliphatic rings. The topological polar surface area (TPSA) is 55.2 Å². The van der Waals surface area contributed by atoms with Crippen LogP contribution in [0.2, 0.25) is 0 Å². The molecule has 0 bridgehead atoms. The predicted molar refractivity (Wildman–Crippen MR) is 100 cm³/mol. The molecular weight excluding hydrogens is 326 g/mol. The van der Waals surface area contributed by atoms with Crippen LogP contribution in [-0.4, -0.2) is 33.2 Å². The summed E-state index contributed by atoms with van der Waals surface area (Å²) in [5, 5.41) is 0.